The van der Waals surface area contributed by atoms with E-state index in [1.807, 2.05) is 23.6 Å². The van der Waals surface area contributed by atoms with Crippen molar-refractivity contribution in [1.29, 1.82) is 0 Å². The molecule has 1 unspecified atom stereocenters. The number of carbonyl (C=O) groups is 2. The van der Waals surface area contributed by atoms with Gasteiger partial charge in [0.15, 0.2) is 5.13 Å². The smallest absolute Gasteiger partial charge is 0.407 e. The maximum atomic E-state index is 12.5. The molecule has 2 amide bonds. The van der Waals surface area contributed by atoms with E-state index in [9.17, 15) is 9.59 Å². The number of para-hydroxylation sites is 1. The van der Waals surface area contributed by atoms with Gasteiger partial charge in [-0.3, -0.25) is 4.79 Å². The molecule has 2 atom stereocenters. The molecular formula is C22H30N4O3S. The third-order valence-electron chi connectivity index (χ3n) is 4.83. The average Bonchev–Trinajstić information content (AvgIpc) is 3.34. The van der Waals surface area contributed by atoms with E-state index in [0.717, 1.165) is 25.1 Å². The molecule has 30 heavy (non-hydrogen) atoms. The van der Waals surface area contributed by atoms with Crippen LogP contribution >= 0.6 is 11.3 Å². The number of nitrogens with zero attached hydrogens (tertiary/aromatic N) is 2. The molecule has 8 heteroatoms. The van der Waals surface area contributed by atoms with Crippen LogP contribution in [0.25, 0.3) is 0 Å². The van der Waals surface area contributed by atoms with Gasteiger partial charge in [-0.1, -0.05) is 25.1 Å². The molecule has 0 aliphatic carbocycles. The molecule has 7 nitrogen and oxygen atoms in total. The summed E-state index contributed by atoms with van der Waals surface area (Å²) in [6, 6.07) is 10.6. The number of hydrogen-bond acceptors (Lipinski definition) is 6. The van der Waals surface area contributed by atoms with Crippen molar-refractivity contribution in [2.24, 2.45) is 5.92 Å². The molecule has 0 spiro atoms. The van der Waals surface area contributed by atoms with Gasteiger partial charge in [0.25, 0.3) is 0 Å². The molecule has 1 aromatic carbocycles. The van der Waals surface area contributed by atoms with E-state index >= 15 is 0 Å². The third kappa shape index (κ3) is 5.95. The van der Waals surface area contributed by atoms with E-state index in [2.05, 4.69) is 32.7 Å². The number of ether oxygens (including phenoxy) is 1. The van der Waals surface area contributed by atoms with Gasteiger partial charge in [0, 0.05) is 24.2 Å². The maximum absolute atomic E-state index is 12.5. The van der Waals surface area contributed by atoms with E-state index in [1.165, 1.54) is 17.0 Å². The monoisotopic (exact) mass is 430 g/mol. The Balaban J connectivity index is 1.54. The lowest BCUT2D eigenvalue weighted by Crippen LogP contribution is -2.37. The number of hydrogen-bond donors (Lipinski definition) is 2. The van der Waals surface area contributed by atoms with Crippen molar-refractivity contribution in [2.75, 3.05) is 23.3 Å². The van der Waals surface area contributed by atoms with Crippen molar-refractivity contribution in [3.8, 4) is 0 Å². The predicted molar refractivity (Wildman–Crippen MR) is 120 cm³/mol. The fourth-order valence-electron chi connectivity index (χ4n) is 3.37. The number of rotatable bonds is 6. The van der Waals surface area contributed by atoms with Gasteiger partial charge < -0.3 is 20.3 Å². The van der Waals surface area contributed by atoms with Gasteiger partial charge in [0.1, 0.15) is 5.60 Å². The van der Waals surface area contributed by atoms with Crippen molar-refractivity contribution in [3.63, 3.8) is 0 Å². The molecule has 0 saturated carbocycles. The second-order valence-corrected chi connectivity index (χ2v) is 9.40. The fraction of sp³-hybridized carbons (Fsp3) is 0.500. The summed E-state index contributed by atoms with van der Waals surface area (Å²) in [6.07, 6.45) is 1.63. The van der Waals surface area contributed by atoms with Crippen LogP contribution in [-0.2, 0) is 9.53 Å². The Morgan fingerprint density at radius 1 is 1.30 bits per heavy atom. The third-order valence-corrected chi connectivity index (χ3v) is 5.61. The standard InChI is InChI=1S/C22H30N4O3S/c1-15(13-23-21(28)29-22(2,3)4)19(27)25-20-24-17(14-30-20)18-11-8-12-26(18)16-9-6-5-7-10-16/h5-7,9-10,14-15,18H,8,11-13H2,1-4H3,(H,23,28)(H,24,25,27)/t15?,18-/m1/s1. The van der Waals surface area contributed by atoms with Gasteiger partial charge in [0.05, 0.1) is 17.7 Å². The van der Waals surface area contributed by atoms with E-state index in [4.69, 9.17) is 4.74 Å². The van der Waals surface area contributed by atoms with Crippen molar-refractivity contribution in [2.45, 2.75) is 52.2 Å². The van der Waals surface area contributed by atoms with Crippen LogP contribution in [0.3, 0.4) is 0 Å². The molecule has 0 bridgehead atoms. The highest BCUT2D eigenvalue weighted by Crippen LogP contribution is 2.37. The molecule has 1 saturated heterocycles. The highest BCUT2D eigenvalue weighted by molar-refractivity contribution is 7.13. The summed E-state index contributed by atoms with van der Waals surface area (Å²) in [5, 5.41) is 8.11. The van der Waals surface area contributed by atoms with E-state index in [0.29, 0.717) is 5.13 Å². The van der Waals surface area contributed by atoms with Crippen molar-refractivity contribution >= 4 is 34.2 Å². The van der Waals surface area contributed by atoms with E-state index < -0.39 is 17.6 Å². The molecule has 2 N–H and O–H groups in total. The van der Waals surface area contributed by atoms with E-state index in [-0.39, 0.29) is 18.5 Å². The zero-order chi connectivity index (χ0) is 21.7. The molecule has 162 valence electrons. The largest absolute Gasteiger partial charge is 0.444 e. The van der Waals surface area contributed by atoms with Gasteiger partial charge in [-0.2, -0.15) is 0 Å². The normalized spacial score (nSPS) is 17.5. The molecule has 3 rings (SSSR count). The quantitative estimate of drug-likeness (QED) is 0.701. The summed E-state index contributed by atoms with van der Waals surface area (Å²) in [4.78, 5) is 31.3. The van der Waals surface area contributed by atoms with Crippen molar-refractivity contribution in [1.82, 2.24) is 10.3 Å². The van der Waals surface area contributed by atoms with Crippen LogP contribution in [0.2, 0.25) is 0 Å². The van der Waals surface area contributed by atoms with Gasteiger partial charge in [0.2, 0.25) is 5.91 Å². The first-order valence-electron chi connectivity index (χ1n) is 10.3. The first kappa shape index (κ1) is 22.1. The molecule has 2 aromatic rings. The minimum absolute atomic E-state index is 0.182. The molecule has 1 aliphatic rings. The van der Waals surface area contributed by atoms with Crippen LogP contribution in [0.5, 0.6) is 0 Å². The Kier molecular flexibility index (Phi) is 6.97. The Hall–Kier alpha value is -2.61. The SMILES string of the molecule is CC(CNC(=O)OC(C)(C)C)C(=O)Nc1nc([C@H]2CCCN2c2ccccc2)cs1. The second kappa shape index (κ2) is 9.47. The van der Waals surface area contributed by atoms with Crippen molar-refractivity contribution < 1.29 is 14.3 Å². The zero-order valence-corrected chi connectivity index (χ0v) is 18.8. The van der Waals surface area contributed by atoms with Crippen LogP contribution in [0.1, 0.15) is 52.3 Å². The first-order chi connectivity index (χ1) is 14.2. The zero-order valence-electron chi connectivity index (χ0n) is 18.0. The van der Waals surface area contributed by atoms with Crippen LogP contribution in [-0.4, -0.2) is 35.7 Å². The van der Waals surface area contributed by atoms with Crippen LogP contribution in [0.15, 0.2) is 35.7 Å². The van der Waals surface area contributed by atoms with Crippen LogP contribution < -0.4 is 15.5 Å². The molecular weight excluding hydrogens is 400 g/mol. The van der Waals surface area contributed by atoms with Crippen molar-refractivity contribution in [3.05, 3.63) is 41.4 Å². The topological polar surface area (TPSA) is 83.6 Å². The lowest BCUT2D eigenvalue weighted by atomic mass is 10.1. The summed E-state index contributed by atoms with van der Waals surface area (Å²) in [5.41, 5.74) is 1.61. The molecule has 2 heterocycles. The Morgan fingerprint density at radius 3 is 2.73 bits per heavy atom. The first-order valence-corrected chi connectivity index (χ1v) is 11.2. The Labute approximate surface area is 181 Å². The summed E-state index contributed by atoms with van der Waals surface area (Å²) < 4.78 is 5.20. The van der Waals surface area contributed by atoms with Gasteiger partial charge in [-0.25, -0.2) is 9.78 Å². The van der Waals surface area contributed by atoms with Crippen LogP contribution in [0, 0.1) is 5.92 Å². The summed E-state index contributed by atoms with van der Waals surface area (Å²) in [7, 11) is 0. The highest BCUT2D eigenvalue weighted by atomic mass is 32.1. The minimum atomic E-state index is -0.569. The lowest BCUT2D eigenvalue weighted by molar-refractivity contribution is -0.119. The van der Waals surface area contributed by atoms with Crippen LogP contribution in [0.4, 0.5) is 15.6 Å². The Morgan fingerprint density at radius 2 is 2.03 bits per heavy atom. The molecule has 1 aromatic heterocycles. The number of benzene rings is 1. The number of amides is 2. The number of nitrogens with one attached hydrogen (secondary N) is 2. The predicted octanol–water partition coefficient (Wildman–Crippen LogP) is 4.58. The summed E-state index contributed by atoms with van der Waals surface area (Å²) >= 11 is 1.43. The minimum Gasteiger partial charge on any atom is -0.444 e. The van der Waals surface area contributed by atoms with E-state index in [1.54, 1.807) is 27.7 Å². The second-order valence-electron chi connectivity index (χ2n) is 8.54. The van der Waals surface area contributed by atoms with Gasteiger partial charge in [-0.15, -0.1) is 11.3 Å². The Bertz CT molecular complexity index is 863. The number of thiazole rings is 1. The summed E-state index contributed by atoms with van der Waals surface area (Å²) in [6.45, 7) is 8.35. The molecule has 1 fully saturated rings. The average molecular weight is 431 g/mol. The summed E-state index contributed by atoms with van der Waals surface area (Å²) in [5.74, 6) is -0.588. The number of anilines is 2. The maximum Gasteiger partial charge on any atom is 0.407 e. The highest BCUT2D eigenvalue weighted by Gasteiger charge is 2.28. The molecule has 1 aliphatic heterocycles. The molecule has 0 radical (unpaired) electrons. The number of carbonyl (C=O) groups excluding carboxylic acids is 2. The lowest BCUT2D eigenvalue weighted by Gasteiger charge is -2.25. The number of aromatic nitrogens is 1. The van der Waals surface area contributed by atoms with Gasteiger partial charge >= 0.3 is 6.09 Å². The fourth-order valence-corrected chi connectivity index (χ4v) is 4.13. The van der Waals surface area contributed by atoms with Gasteiger partial charge in [-0.05, 0) is 45.7 Å². The number of alkyl carbamates (subject to hydrolysis) is 1.